The second kappa shape index (κ2) is 7.50. The molecule has 0 radical (unpaired) electrons. The molecule has 0 bridgehead atoms. The largest absolute Gasteiger partial charge is 0.496 e. The molecule has 2 aromatic carbocycles. The average Bonchev–Trinajstić information content (AvgIpc) is 3.47. The number of benzene rings is 2. The number of amides is 1. The topological polar surface area (TPSA) is 58.6 Å². The molecule has 1 aliphatic carbocycles. The molecule has 1 unspecified atom stereocenters. The van der Waals surface area contributed by atoms with Gasteiger partial charge in [-0.1, -0.05) is 30.3 Å². The zero-order valence-electron chi connectivity index (χ0n) is 14.5. The van der Waals surface area contributed by atoms with E-state index < -0.39 is 11.5 Å². The lowest BCUT2D eigenvalue weighted by atomic mass is 9.93. The number of aliphatic hydroxyl groups excluding tert-OH is 1. The van der Waals surface area contributed by atoms with Crippen molar-refractivity contribution in [2.75, 3.05) is 19.9 Å². The van der Waals surface area contributed by atoms with E-state index in [2.05, 4.69) is 5.32 Å². The molecule has 1 aliphatic rings. The van der Waals surface area contributed by atoms with Crippen LogP contribution in [0.2, 0.25) is 0 Å². The molecule has 0 aliphatic heterocycles. The van der Waals surface area contributed by atoms with Crippen molar-refractivity contribution < 1.29 is 14.6 Å². The second-order valence-corrected chi connectivity index (χ2v) is 7.16. The number of carbonyl (C=O) groups excluding carboxylic acids is 1. The van der Waals surface area contributed by atoms with Crippen LogP contribution in [0.5, 0.6) is 5.75 Å². The van der Waals surface area contributed by atoms with Gasteiger partial charge in [0.15, 0.2) is 0 Å². The molecule has 25 heavy (non-hydrogen) atoms. The lowest BCUT2D eigenvalue weighted by Gasteiger charge is -2.20. The number of carbonyl (C=O) groups is 1. The van der Waals surface area contributed by atoms with Gasteiger partial charge in [0.05, 0.1) is 18.6 Å². The van der Waals surface area contributed by atoms with Gasteiger partial charge in [0.2, 0.25) is 5.91 Å². The zero-order valence-corrected chi connectivity index (χ0v) is 15.3. The van der Waals surface area contributed by atoms with Crippen LogP contribution in [0.15, 0.2) is 53.4 Å². The van der Waals surface area contributed by atoms with Gasteiger partial charge in [-0.2, -0.15) is 0 Å². The van der Waals surface area contributed by atoms with Gasteiger partial charge in [0.25, 0.3) is 0 Å². The summed E-state index contributed by atoms with van der Waals surface area (Å²) in [5.41, 5.74) is 1.21. The SMILES string of the molecule is COc1ccccc1C1(C(=O)NCC(O)c2ccc(SC)cc2)CC1. The highest BCUT2D eigenvalue weighted by Gasteiger charge is 2.52. The Morgan fingerprint density at radius 1 is 1.24 bits per heavy atom. The molecule has 0 heterocycles. The zero-order chi connectivity index (χ0) is 17.9. The number of ether oxygens (including phenoxy) is 1. The van der Waals surface area contributed by atoms with E-state index in [4.69, 9.17) is 4.74 Å². The number of hydrogen-bond acceptors (Lipinski definition) is 4. The number of aliphatic hydroxyl groups is 1. The summed E-state index contributed by atoms with van der Waals surface area (Å²) in [6.45, 7) is 0.203. The maximum atomic E-state index is 12.8. The van der Waals surface area contributed by atoms with Crippen LogP contribution in [0.4, 0.5) is 0 Å². The predicted molar refractivity (Wildman–Crippen MR) is 100 cm³/mol. The van der Waals surface area contributed by atoms with Crippen molar-refractivity contribution in [2.45, 2.75) is 29.3 Å². The molecular formula is C20H23NO3S. The highest BCUT2D eigenvalue weighted by molar-refractivity contribution is 7.98. The Morgan fingerprint density at radius 2 is 1.92 bits per heavy atom. The summed E-state index contributed by atoms with van der Waals surface area (Å²) in [6, 6.07) is 15.4. The normalized spacial score (nSPS) is 16.1. The lowest BCUT2D eigenvalue weighted by molar-refractivity contribution is -0.124. The fraction of sp³-hybridized carbons (Fsp3) is 0.350. The summed E-state index contributed by atoms with van der Waals surface area (Å²) in [5.74, 6) is 0.695. The van der Waals surface area contributed by atoms with Crippen LogP contribution in [-0.4, -0.2) is 30.9 Å². The first-order chi connectivity index (χ1) is 12.1. The average molecular weight is 357 g/mol. The molecule has 0 spiro atoms. The number of hydrogen-bond donors (Lipinski definition) is 2. The molecule has 4 nitrogen and oxygen atoms in total. The number of para-hydroxylation sites is 1. The summed E-state index contributed by atoms with van der Waals surface area (Å²) >= 11 is 1.66. The van der Waals surface area contributed by atoms with E-state index in [0.717, 1.165) is 34.6 Å². The fourth-order valence-corrected chi connectivity index (χ4v) is 3.49. The van der Waals surface area contributed by atoms with E-state index >= 15 is 0 Å². The van der Waals surface area contributed by atoms with Gasteiger partial charge in [-0.25, -0.2) is 0 Å². The van der Waals surface area contributed by atoms with Crippen LogP contribution in [0.3, 0.4) is 0 Å². The summed E-state index contributed by atoms with van der Waals surface area (Å²) in [6.07, 6.45) is 2.90. The minimum atomic E-state index is -0.715. The standard InChI is InChI=1S/C20H23NO3S/c1-24-18-6-4-3-5-16(18)20(11-12-20)19(23)21-13-17(22)14-7-9-15(25-2)10-8-14/h3-10,17,22H,11-13H2,1-2H3,(H,21,23). The predicted octanol–water partition coefficient (Wildman–Crippen LogP) is 3.30. The Hall–Kier alpha value is -1.98. The van der Waals surface area contributed by atoms with Crippen molar-refractivity contribution in [1.82, 2.24) is 5.32 Å². The van der Waals surface area contributed by atoms with Crippen molar-refractivity contribution >= 4 is 17.7 Å². The van der Waals surface area contributed by atoms with Crippen LogP contribution in [0.1, 0.15) is 30.1 Å². The van der Waals surface area contributed by atoms with E-state index in [1.54, 1.807) is 18.9 Å². The molecule has 132 valence electrons. The first-order valence-corrected chi connectivity index (χ1v) is 9.57. The highest BCUT2D eigenvalue weighted by atomic mass is 32.2. The third kappa shape index (κ3) is 3.67. The van der Waals surface area contributed by atoms with Gasteiger partial charge < -0.3 is 15.2 Å². The maximum absolute atomic E-state index is 12.8. The molecule has 0 saturated heterocycles. The van der Waals surface area contributed by atoms with E-state index in [1.807, 2.05) is 54.8 Å². The maximum Gasteiger partial charge on any atom is 0.230 e. The van der Waals surface area contributed by atoms with Crippen LogP contribution in [0.25, 0.3) is 0 Å². The van der Waals surface area contributed by atoms with E-state index in [1.165, 1.54) is 0 Å². The Morgan fingerprint density at radius 3 is 2.52 bits per heavy atom. The Balaban J connectivity index is 1.65. The number of rotatable bonds is 7. The fourth-order valence-electron chi connectivity index (χ4n) is 3.09. The molecular weight excluding hydrogens is 334 g/mol. The van der Waals surface area contributed by atoms with Gasteiger partial charge >= 0.3 is 0 Å². The van der Waals surface area contributed by atoms with Crippen molar-refractivity contribution in [3.63, 3.8) is 0 Å². The van der Waals surface area contributed by atoms with Crippen LogP contribution < -0.4 is 10.1 Å². The molecule has 2 aromatic rings. The van der Waals surface area contributed by atoms with Gasteiger partial charge in [-0.15, -0.1) is 11.8 Å². The summed E-state index contributed by atoms with van der Waals surface area (Å²) in [7, 11) is 1.62. The molecule has 1 atom stereocenters. The van der Waals surface area contributed by atoms with Gasteiger partial charge in [-0.05, 0) is 42.9 Å². The summed E-state index contributed by atoms with van der Waals surface area (Å²) in [4.78, 5) is 13.9. The van der Waals surface area contributed by atoms with Gasteiger partial charge in [0, 0.05) is 17.0 Å². The molecule has 1 saturated carbocycles. The Kier molecular flexibility index (Phi) is 5.35. The lowest BCUT2D eigenvalue weighted by Crippen LogP contribution is -2.37. The monoisotopic (exact) mass is 357 g/mol. The molecule has 2 N–H and O–H groups in total. The highest BCUT2D eigenvalue weighted by Crippen LogP contribution is 2.51. The van der Waals surface area contributed by atoms with Crippen molar-refractivity contribution in [2.24, 2.45) is 0 Å². The van der Waals surface area contributed by atoms with E-state index in [0.29, 0.717) is 0 Å². The molecule has 1 amide bonds. The van der Waals surface area contributed by atoms with E-state index in [-0.39, 0.29) is 12.5 Å². The van der Waals surface area contributed by atoms with Crippen molar-refractivity contribution in [3.05, 3.63) is 59.7 Å². The van der Waals surface area contributed by atoms with Crippen LogP contribution in [-0.2, 0) is 10.2 Å². The number of nitrogens with one attached hydrogen (secondary N) is 1. The van der Waals surface area contributed by atoms with Gasteiger partial charge in [0.1, 0.15) is 5.75 Å². The second-order valence-electron chi connectivity index (χ2n) is 6.28. The summed E-state index contributed by atoms with van der Waals surface area (Å²) in [5, 5.41) is 13.3. The smallest absolute Gasteiger partial charge is 0.230 e. The van der Waals surface area contributed by atoms with Gasteiger partial charge in [-0.3, -0.25) is 4.79 Å². The Labute approximate surface area is 152 Å². The third-order valence-corrected chi connectivity index (χ3v) is 5.51. The molecule has 3 rings (SSSR count). The van der Waals surface area contributed by atoms with Crippen molar-refractivity contribution in [1.29, 1.82) is 0 Å². The minimum Gasteiger partial charge on any atom is -0.496 e. The molecule has 0 aromatic heterocycles. The number of thioether (sulfide) groups is 1. The van der Waals surface area contributed by atoms with Crippen LogP contribution in [0, 0.1) is 0 Å². The quantitative estimate of drug-likeness (QED) is 0.747. The molecule has 5 heteroatoms. The first kappa shape index (κ1) is 17.8. The van der Waals surface area contributed by atoms with Crippen molar-refractivity contribution in [3.8, 4) is 5.75 Å². The third-order valence-electron chi connectivity index (χ3n) is 4.76. The van der Waals surface area contributed by atoms with Crippen LogP contribution >= 0.6 is 11.8 Å². The first-order valence-electron chi connectivity index (χ1n) is 8.34. The number of methoxy groups -OCH3 is 1. The Bertz CT molecular complexity index is 741. The molecule has 1 fully saturated rings. The van der Waals surface area contributed by atoms with E-state index in [9.17, 15) is 9.90 Å². The minimum absolute atomic E-state index is 0.0446. The summed E-state index contributed by atoms with van der Waals surface area (Å²) < 4.78 is 5.41.